The molecule has 3 fully saturated rings. The van der Waals surface area contributed by atoms with Crippen molar-refractivity contribution in [3.05, 3.63) is 12.2 Å². The maximum atomic E-state index is 11.5. The van der Waals surface area contributed by atoms with Crippen LogP contribution in [0.2, 0.25) is 0 Å². The van der Waals surface area contributed by atoms with Gasteiger partial charge in [0, 0.05) is 11.5 Å². The first-order chi connectivity index (χ1) is 7.27. The lowest BCUT2D eigenvalue weighted by molar-refractivity contribution is -0.141. The topological polar surface area (TPSA) is 26.3 Å². The van der Waals surface area contributed by atoms with Crippen LogP contribution in [0.4, 0.5) is 0 Å². The zero-order valence-electron chi connectivity index (χ0n) is 9.08. The van der Waals surface area contributed by atoms with E-state index >= 15 is 0 Å². The number of carbonyl (C=O) groups is 1. The van der Waals surface area contributed by atoms with Crippen LogP contribution in [-0.2, 0) is 9.53 Å². The number of hydrogen-bond acceptors (Lipinski definition) is 2. The molecule has 0 radical (unpaired) electrons. The number of ether oxygens (including phenoxy) is 1. The second-order valence-electron chi connectivity index (χ2n) is 5.29. The first kappa shape index (κ1) is 9.44. The first-order valence-corrected chi connectivity index (χ1v) is 6.17. The van der Waals surface area contributed by atoms with Crippen molar-refractivity contribution >= 4 is 5.97 Å². The van der Waals surface area contributed by atoms with Crippen LogP contribution in [0.5, 0.6) is 0 Å². The van der Waals surface area contributed by atoms with Gasteiger partial charge in [0.05, 0.1) is 0 Å². The van der Waals surface area contributed by atoms with Gasteiger partial charge in [0.1, 0.15) is 6.10 Å². The fourth-order valence-corrected chi connectivity index (χ4v) is 3.81. The molecule has 0 amide bonds. The Bertz CT molecular complexity index is 308. The Balaban J connectivity index is 1.89. The van der Waals surface area contributed by atoms with E-state index in [0.717, 1.165) is 17.9 Å². The average Bonchev–Trinajstić information content (AvgIpc) is 2.73. The molecule has 4 atom stereocenters. The highest BCUT2D eigenvalue weighted by Gasteiger charge is 2.47. The molecule has 0 bridgehead atoms. The summed E-state index contributed by atoms with van der Waals surface area (Å²) in [6, 6.07) is 0. The average molecular weight is 206 g/mol. The highest BCUT2D eigenvalue weighted by Crippen LogP contribution is 2.48. The predicted octanol–water partition coefficient (Wildman–Crippen LogP) is 2.68. The van der Waals surface area contributed by atoms with Crippen molar-refractivity contribution < 1.29 is 9.53 Å². The van der Waals surface area contributed by atoms with Gasteiger partial charge in [-0.1, -0.05) is 32.3 Å². The number of carbonyl (C=O) groups excluding carboxylic acids is 1. The van der Waals surface area contributed by atoms with Crippen LogP contribution < -0.4 is 0 Å². The van der Waals surface area contributed by atoms with E-state index in [1.165, 1.54) is 32.1 Å². The summed E-state index contributed by atoms with van der Waals surface area (Å²) in [6.07, 6.45) is 7.80. The maximum absolute atomic E-state index is 11.5. The molecular weight excluding hydrogens is 188 g/mol. The molecule has 82 valence electrons. The fourth-order valence-electron chi connectivity index (χ4n) is 3.81. The number of esters is 1. The molecule has 0 spiro atoms. The smallest absolute Gasteiger partial charge is 0.334 e. The van der Waals surface area contributed by atoms with Crippen molar-refractivity contribution in [3.8, 4) is 0 Å². The zero-order valence-corrected chi connectivity index (χ0v) is 9.08. The summed E-state index contributed by atoms with van der Waals surface area (Å²) in [5.74, 6) is 1.67. The number of rotatable bonds is 0. The Hall–Kier alpha value is -0.790. The van der Waals surface area contributed by atoms with E-state index in [0.29, 0.717) is 11.8 Å². The molecule has 1 saturated heterocycles. The molecule has 2 saturated carbocycles. The molecule has 0 aromatic rings. The van der Waals surface area contributed by atoms with Crippen molar-refractivity contribution in [2.24, 2.45) is 17.8 Å². The van der Waals surface area contributed by atoms with Crippen LogP contribution >= 0.6 is 0 Å². The Morgan fingerprint density at radius 2 is 1.87 bits per heavy atom. The van der Waals surface area contributed by atoms with Gasteiger partial charge in [-0.2, -0.15) is 0 Å². The SMILES string of the molecule is C=C1C(=O)OC2C1CCCC1CCCC12. The van der Waals surface area contributed by atoms with Crippen molar-refractivity contribution in [2.45, 2.75) is 44.6 Å². The minimum Gasteiger partial charge on any atom is -0.458 e. The summed E-state index contributed by atoms with van der Waals surface area (Å²) < 4.78 is 5.53. The van der Waals surface area contributed by atoms with E-state index in [4.69, 9.17) is 4.74 Å². The largest absolute Gasteiger partial charge is 0.458 e. The summed E-state index contributed by atoms with van der Waals surface area (Å²) >= 11 is 0. The van der Waals surface area contributed by atoms with Gasteiger partial charge >= 0.3 is 5.97 Å². The third kappa shape index (κ3) is 1.34. The number of fused-ring (bicyclic) bond motifs is 3. The van der Waals surface area contributed by atoms with Crippen LogP contribution in [0.25, 0.3) is 0 Å². The highest BCUT2D eigenvalue weighted by atomic mass is 16.6. The maximum Gasteiger partial charge on any atom is 0.334 e. The van der Waals surface area contributed by atoms with Crippen molar-refractivity contribution in [3.63, 3.8) is 0 Å². The monoisotopic (exact) mass is 206 g/mol. The molecule has 3 aliphatic rings. The van der Waals surface area contributed by atoms with E-state index in [2.05, 4.69) is 6.58 Å². The molecule has 2 aliphatic carbocycles. The van der Waals surface area contributed by atoms with Crippen LogP contribution in [-0.4, -0.2) is 12.1 Å². The Morgan fingerprint density at radius 1 is 1.13 bits per heavy atom. The van der Waals surface area contributed by atoms with Gasteiger partial charge < -0.3 is 4.74 Å². The molecule has 0 N–H and O–H groups in total. The third-order valence-electron chi connectivity index (χ3n) is 4.58. The minimum absolute atomic E-state index is 0.127. The molecule has 4 unspecified atom stereocenters. The molecule has 2 nitrogen and oxygen atoms in total. The third-order valence-corrected chi connectivity index (χ3v) is 4.58. The molecule has 2 heteroatoms. The van der Waals surface area contributed by atoms with Crippen LogP contribution in [0, 0.1) is 17.8 Å². The summed E-state index contributed by atoms with van der Waals surface area (Å²) in [7, 11) is 0. The van der Waals surface area contributed by atoms with Gasteiger partial charge in [0.2, 0.25) is 0 Å². The second kappa shape index (κ2) is 3.36. The van der Waals surface area contributed by atoms with Crippen molar-refractivity contribution in [1.29, 1.82) is 0 Å². The molecule has 15 heavy (non-hydrogen) atoms. The molecular formula is C13H18O2. The van der Waals surface area contributed by atoms with E-state index < -0.39 is 0 Å². The van der Waals surface area contributed by atoms with E-state index in [-0.39, 0.29) is 12.1 Å². The zero-order chi connectivity index (χ0) is 10.4. The van der Waals surface area contributed by atoms with Gasteiger partial charge in [-0.3, -0.25) is 0 Å². The van der Waals surface area contributed by atoms with Gasteiger partial charge in [0.15, 0.2) is 0 Å². The Labute approximate surface area is 90.7 Å². The summed E-state index contributed by atoms with van der Waals surface area (Å²) in [4.78, 5) is 11.5. The lowest BCUT2D eigenvalue weighted by Gasteiger charge is -2.24. The van der Waals surface area contributed by atoms with Crippen molar-refractivity contribution in [2.75, 3.05) is 0 Å². The Kier molecular flexibility index (Phi) is 2.11. The highest BCUT2D eigenvalue weighted by molar-refractivity contribution is 5.90. The fraction of sp³-hybridized carbons (Fsp3) is 0.769. The van der Waals surface area contributed by atoms with Crippen LogP contribution in [0.3, 0.4) is 0 Å². The van der Waals surface area contributed by atoms with E-state index in [1.807, 2.05) is 0 Å². The van der Waals surface area contributed by atoms with E-state index in [1.54, 1.807) is 0 Å². The second-order valence-corrected chi connectivity index (χ2v) is 5.29. The van der Waals surface area contributed by atoms with Crippen LogP contribution in [0.15, 0.2) is 12.2 Å². The molecule has 0 aromatic heterocycles. The summed E-state index contributed by atoms with van der Waals surface area (Å²) in [5.41, 5.74) is 0.743. The van der Waals surface area contributed by atoms with Gasteiger partial charge in [-0.05, 0) is 24.7 Å². The minimum atomic E-state index is -0.127. The summed E-state index contributed by atoms with van der Waals surface area (Å²) in [6.45, 7) is 3.90. The predicted molar refractivity (Wildman–Crippen MR) is 57.2 cm³/mol. The van der Waals surface area contributed by atoms with Crippen molar-refractivity contribution in [1.82, 2.24) is 0 Å². The Morgan fingerprint density at radius 3 is 2.67 bits per heavy atom. The normalized spacial score (nSPS) is 44.5. The van der Waals surface area contributed by atoms with Gasteiger partial charge in [0.25, 0.3) is 0 Å². The van der Waals surface area contributed by atoms with Gasteiger partial charge in [-0.15, -0.1) is 0 Å². The molecule has 1 aliphatic heterocycles. The first-order valence-electron chi connectivity index (χ1n) is 6.17. The molecule has 0 aromatic carbocycles. The lowest BCUT2D eigenvalue weighted by atomic mass is 9.84. The van der Waals surface area contributed by atoms with Gasteiger partial charge in [-0.25, -0.2) is 4.79 Å². The number of hydrogen-bond donors (Lipinski definition) is 0. The van der Waals surface area contributed by atoms with Crippen LogP contribution in [0.1, 0.15) is 38.5 Å². The lowest BCUT2D eigenvalue weighted by Crippen LogP contribution is -2.27. The standard InChI is InChI=1S/C13H18O2/c1-8-10-6-2-4-9-5-3-7-11(9)12(10)15-13(8)14/h9-12H,1-7H2. The van der Waals surface area contributed by atoms with E-state index in [9.17, 15) is 4.79 Å². The molecule has 1 heterocycles. The summed E-state index contributed by atoms with van der Waals surface area (Å²) in [5, 5.41) is 0. The quantitative estimate of drug-likeness (QED) is 0.450. The molecule has 3 rings (SSSR count).